The van der Waals surface area contributed by atoms with Gasteiger partial charge in [-0.05, 0) is 65.5 Å². The van der Waals surface area contributed by atoms with Gasteiger partial charge in [-0.3, -0.25) is 0 Å². The second-order valence-electron chi connectivity index (χ2n) is 4.47. The molecule has 2 heteroatoms. The zero-order valence-corrected chi connectivity index (χ0v) is 9.42. The van der Waals surface area contributed by atoms with E-state index in [-0.39, 0.29) is 0 Å². The van der Waals surface area contributed by atoms with E-state index in [4.69, 9.17) is 0 Å². The van der Waals surface area contributed by atoms with Crippen LogP contribution in [0.3, 0.4) is 0 Å². The summed E-state index contributed by atoms with van der Waals surface area (Å²) in [6.45, 7) is 7.42. The first-order valence-electron chi connectivity index (χ1n) is 5.59. The Balaban J connectivity index is 2.10. The van der Waals surface area contributed by atoms with Gasteiger partial charge < -0.3 is 9.80 Å². The third kappa shape index (κ3) is 4.10. The Morgan fingerprint density at radius 1 is 1.23 bits per heavy atom. The summed E-state index contributed by atoms with van der Waals surface area (Å²) >= 11 is 0. The molecule has 0 aliphatic carbocycles. The Bertz CT molecular complexity index is 126. The Labute approximate surface area is 82.9 Å². The van der Waals surface area contributed by atoms with Crippen molar-refractivity contribution in [3.05, 3.63) is 0 Å². The molecule has 0 atom stereocenters. The van der Waals surface area contributed by atoms with Crippen LogP contribution in [0.2, 0.25) is 0 Å². The summed E-state index contributed by atoms with van der Waals surface area (Å²) in [6, 6.07) is 0. The second kappa shape index (κ2) is 5.61. The van der Waals surface area contributed by atoms with E-state index in [2.05, 4.69) is 30.8 Å². The van der Waals surface area contributed by atoms with E-state index in [9.17, 15) is 0 Å². The Hall–Kier alpha value is -0.0800. The molecule has 0 spiro atoms. The summed E-state index contributed by atoms with van der Waals surface area (Å²) in [5.41, 5.74) is 0. The van der Waals surface area contributed by atoms with E-state index >= 15 is 0 Å². The largest absolute Gasteiger partial charge is 0.309 e. The minimum Gasteiger partial charge on any atom is -0.309 e. The third-order valence-electron chi connectivity index (χ3n) is 3.14. The molecule has 1 rings (SSSR count). The van der Waals surface area contributed by atoms with Crippen molar-refractivity contribution < 1.29 is 0 Å². The van der Waals surface area contributed by atoms with Crippen LogP contribution in [-0.2, 0) is 0 Å². The zero-order chi connectivity index (χ0) is 9.68. The van der Waals surface area contributed by atoms with Crippen molar-refractivity contribution in [1.82, 2.24) is 9.80 Å². The molecular formula is C11H24N2. The average molecular weight is 184 g/mol. The van der Waals surface area contributed by atoms with Gasteiger partial charge in [-0.25, -0.2) is 0 Å². The predicted molar refractivity (Wildman–Crippen MR) is 58.0 cm³/mol. The molecule has 0 unspecified atom stereocenters. The molecule has 0 aromatic heterocycles. The van der Waals surface area contributed by atoms with Crippen LogP contribution < -0.4 is 0 Å². The number of rotatable bonds is 4. The van der Waals surface area contributed by atoms with Gasteiger partial charge >= 0.3 is 0 Å². The van der Waals surface area contributed by atoms with Crippen molar-refractivity contribution in [2.24, 2.45) is 5.92 Å². The van der Waals surface area contributed by atoms with Crippen LogP contribution >= 0.6 is 0 Å². The van der Waals surface area contributed by atoms with Gasteiger partial charge in [0.25, 0.3) is 0 Å². The van der Waals surface area contributed by atoms with Crippen molar-refractivity contribution in [1.29, 1.82) is 0 Å². The summed E-state index contributed by atoms with van der Waals surface area (Å²) in [4.78, 5) is 4.86. The summed E-state index contributed by atoms with van der Waals surface area (Å²) in [5.74, 6) is 0.991. The molecule has 1 fully saturated rings. The van der Waals surface area contributed by atoms with E-state index in [1.807, 2.05) is 0 Å². The van der Waals surface area contributed by atoms with Crippen molar-refractivity contribution in [2.75, 3.05) is 40.3 Å². The lowest BCUT2D eigenvalue weighted by Crippen LogP contribution is -2.34. The maximum atomic E-state index is 2.56. The van der Waals surface area contributed by atoms with E-state index in [0.717, 1.165) is 5.92 Å². The van der Waals surface area contributed by atoms with E-state index in [1.54, 1.807) is 0 Å². The molecule has 0 amide bonds. The van der Waals surface area contributed by atoms with E-state index < -0.39 is 0 Å². The Morgan fingerprint density at radius 3 is 2.31 bits per heavy atom. The molecule has 0 saturated carbocycles. The van der Waals surface area contributed by atoms with Gasteiger partial charge in [0.05, 0.1) is 0 Å². The molecule has 1 aliphatic rings. The van der Waals surface area contributed by atoms with Crippen LogP contribution in [0.15, 0.2) is 0 Å². The molecule has 1 saturated heterocycles. The smallest absolute Gasteiger partial charge is 0.00162 e. The maximum Gasteiger partial charge on any atom is -0.00162 e. The molecule has 0 aromatic rings. The number of likely N-dealkylation sites (tertiary alicyclic amines) is 1. The highest BCUT2D eigenvalue weighted by molar-refractivity contribution is 4.71. The number of hydrogen-bond acceptors (Lipinski definition) is 2. The highest BCUT2D eigenvalue weighted by Gasteiger charge is 2.17. The van der Waals surface area contributed by atoms with Gasteiger partial charge in [0.15, 0.2) is 0 Å². The van der Waals surface area contributed by atoms with Crippen molar-refractivity contribution >= 4 is 0 Å². The first-order valence-corrected chi connectivity index (χ1v) is 5.59. The highest BCUT2D eigenvalue weighted by Crippen LogP contribution is 2.19. The van der Waals surface area contributed by atoms with Crippen LogP contribution in [0.4, 0.5) is 0 Å². The first kappa shape index (κ1) is 11.0. The molecule has 1 aliphatic heterocycles. The van der Waals surface area contributed by atoms with Crippen LogP contribution in [-0.4, -0.2) is 50.1 Å². The molecular weight excluding hydrogens is 160 g/mol. The van der Waals surface area contributed by atoms with E-state index in [1.165, 1.54) is 45.4 Å². The Kier molecular flexibility index (Phi) is 4.74. The SMILES string of the molecule is CCN1CCC(CCN(C)C)CC1. The van der Waals surface area contributed by atoms with Crippen molar-refractivity contribution in [3.8, 4) is 0 Å². The molecule has 2 nitrogen and oxygen atoms in total. The lowest BCUT2D eigenvalue weighted by molar-refractivity contribution is 0.179. The van der Waals surface area contributed by atoms with Crippen molar-refractivity contribution in [2.45, 2.75) is 26.2 Å². The minimum absolute atomic E-state index is 0.991. The maximum absolute atomic E-state index is 2.56. The summed E-state index contributed by atoms with van der Waals surface area (Å²) in [6.07, 6.45) is 4.23. The predicted octanol–water partition coefficient (Wildman–Crippen LogP) is 1.67. The average Bonchev–Trinajstić information content (AvgIpc) is 2.15. The quantitative estimate of drug-likeness (QED) is 0.656. The Morgan fingerprint density at radius 2 is 1.85 bits per heavy atom. The molecule has 13 heavy (non-hydrogen) atoms. The monoisotopic (exact) mass is 184 g/mol. The molecule has 0 bridgehead atoms. The molecule has 0 N–H and O–H groups in total. The lowest BCUT2D eigenvalue weighted by Gasteiger charge is -2.31. The summed E-state index contributed by atoms with van der Waals surface area (Å²) < 4.78 is 0. The van der Waals surface area contributed by atoms with E-state index in [0.29, 0.717) is 0 Å². The summed E-state index contributed by atoms with van der Waals surface area (Å²) in [5, 5.41) is 0. The second-order valence-corrected chi connectivity index (χ2v) is 4.47. The summed E-state index contributed by atoms with van der Waals surface area (Å²) in [7, 11) is 4.34. The fourth-order valence-electron chi connectivity index (χ4n) is 2.03. The third-order valence-corrected chi connectivity index (χ3v) is 3.14. The number of piperidine rings is 1. The molecule has 0 radical (unpaired) electrons. The molecule has 1 heterocycles. The first-order chi connectivity index (χ1) is 6.22. The van der Waals surface area contributed by atoms with Gasteiger partial charge in [-0.2, -0.15) is 0 Å². The van der Waals surface area contributed by atoms with Gasteiger partial charge in [0.1, 0.15) is 0 Å². The normalized spacial score (nSPS) is 21.2. The zero-order valence-electron chi connectivity index (χ0n) is 9.42. The van der Waals surface area contributed by atoms with Gasteiger partial charge in [0, 0.05) is 0 Å². The van der Waals surface area contributed by atoms with Crippen LogP contribution in [0, 0.1) is 5.92 Å². The number of hydrogen-bond donors (Lipinski definition) is 0. The standard InChI is InChI=1S/C11H24N2/c1-4-13-9-6-11(7-10-13)5-8-12(2)3/h11H,4-10H2,1-3H3. The van der Waals surface area contributed by atoms with Gasteiger partial charge in [0.2, 0.25) is 0 Å². The molecule has 78 valence electrons. The lowest BCUT2D eigenvalue weighted by atomic mass is 9.93. The highest BCUT2D eigenvalue weighted by atomic mass is 15.1. The fourth-order valence-corrected chi connectivity index (χ4v) is 2.03. The van der Waals surface area contributed by atoms with Crippen LogP contribution in [0.25, 0.3) is 0 Å². The number of nitrogens with zero attached hydrogens (tertiary/aromatic N) is 2. The van der Waals surface area contributed by atoms with Gasteiger partial charge in [-0.15, -0.1) is 0 Å². The van der Waals surface area contributed by atoms with Gasteiger partial charge in [-0.1, -0.05) is 6.92 Å². The van der Waals surface area contributed by atoms with Crippen LogP contribution in [0.1, 0.15) is 26.2 Å². The minimum atomic E-state index is 0.991. The fraction of sp³-hybridized carbons (Fsp3) is 1.00. The van der Waals surface area contributed by atoms with Crippen LogP contribution in [0.5, 0.6) is 0 Å². The van der Waals surface area contributed by atoms with Crippen molar-refractivity contribution in [3.63, 3.8) is 0 Å². The topological polar surface area (TPSA) is 6.48 Å². The molecule has 0 aromatic carbocycles.